The lowest BCUT2D eigenvalue weighted by molar-refractivity contribution is -0.119. The largest absolute Gasteiger partial charge is 0.457 e. The smallest absolute Gasteiger partial charge is 0.230 e. The van der Waals surface area contributed by atoms with Gasteiger partial charge in [-0.3, -0.25) is 19.2 Å². The van der Waals surface area contributed by atoms with E-state index in [-0.39, 0.29) is 50.8 Å². The first-order valence-corrected chi connectivity index (χ1v) is 55.7. The van der Waals surface area contributed by atoms with E-state index in [4.69, 9.17) is 37.9 Å². The molecule has 4 heterocycles. The van der Waals surface area contributed by atoms with E-state index in [1.165, 1.54) is 0 Å². The lowest BCUT2D eigenvalue weighted by atomic mass is 9.74. The minimum Gasteiger partial charge on any atom is -0.457 e. The molecule has 0 aromatic heterocycles. The Hall–Kier alpha value is -12.2. The predicted molar refractivity (Wildman–Crippen MR) is 540 cm³/mol. The van der Waals surface area contributed by atoms with Crippen LogP contribution in [0.4, 0.5) is 0 Å². The van der Waals surface area contributed by atoms with E-state index >= 15 is 37.4 Å². The Kier molecular flexibility index (Phi) is 30.8. The highest BCUT2D eigenvalue weighted by Gasteiger charge is 2.45. The van der Waals surface area contributed by atoms with Gasteiger partial charge in [-0.1, -0.05) is 347 Å². The zero-order chi connectivity index (χ0) is 94.2. The maximum atomic E-state index is 16.1. The summed E-state index contributed by atoms with van der Waals surface area (Å²) < 4.78 is 123. The summed E-state index contributed by atoms with van der Waals surface area (Å²) in [5.41, 5.74) is 8.01. The van der Waals surface area contributed by atoms with Crippen LogP contribution in [0.15, 0.2) is 267 Å². The molecule has 8 bridgehead atoms. The molecule has 17 rings (SSSR count). The number of hydrogen-bond acceptors (Lipinski definition) is 16. The summed E-state index contributed by atoms with van der Waals surface area (Å²) in [5.74, 6) is -1.29. The van der Waals surface area contributed by atoms with Crippen molar-refractivity contribution in [1.29, 1.82) is 0 Å². The van der Waals surface area contributed by atoms with Crippen molar-refractivity contribution in [2.45, 2.75) is 180 Å². The van der Waals surface area contributed by atoms with Crippen LogP contribution in [0.25, 0.3) is 0 Å². The van der Waals surface area contributed by atoms with Crippen molar-refractivity contribution >= 4 is 94.6 Å². The molecule has 4 aliphatic heterocycles. The van der Waals surface area contributed by atoms with Crippen LogP contribution in [-0.2, 0) is 63.6 Å². The molecule has 0 radical (unpaired) electrons. The fourth-order valence-corrected chi connectivity index (χ4v) is 30.4. The summed E-state index contributed by atoms with van der Waals surface area (Å²) in [6.07, 6.45) is 10.1. The van der Waals surface area contributed by atoms with Crippen LogP contribution in [-0.4, -0.2) is 75.4 Å². The van der Waals surface area contributed by atoms with E-state index in [1.807, 2.05) is 243 Å². The van der Waals surface area contributed by atoms with Crippen molar-refractivity contribution in [1.82, 2.24) is 21.3 Å². The fourth-order valence-electron chi connectivity index (χ4n) is 20.4. The second-order valence-corrected chi connectivity index (χ2v) is 47.3. The van der Waals surface area contributed by atoms with Gasteiger partial charge in [0.2, 0.25) is 50.8 Å². The summed E-state index contributed by atoms with van der Waals surface area (Å²) in [7, 11) is -14.7. The van der Waals surface area contributed by atoms with Gasteiger partial charge in [0.05, 0.1) is 73.1 Å². The number of rotatable bonds is 40. The van der Waals surface area contributed by atoms with Gasteiger partial charge < -0.3 is 77.4 Å². The van der Waals surface area contributed by atoms with E-state index in [2.05, 4.69) is 73.2 Å². The summed E-state index contributed by atoms with van der Waals surface area (Å²) in [4.78, 5) is 62.5. The van der Waals surface area contributed by atoms with Crippen molar-refractivity contribution < 1.29 is 75.3 Å². The molecule has 0 spiro atoms. The Morgan fingerprint density at radius 2 is 0.382 bits per heavy atom. The van der Waals surface area contributed by atoms with Gasteiger partial charge in [0.15, 0.2) is 28.6 Å². The third-order valence-electron chi connectivity index (χ3n) is 27.2. The highest BCUT2D eigenvalue weighted by molar-refractivity contribution is 7.80. The molecule has 4 N–H and O–H groups in total. The lowest BCUT2D eigenvalue weighted by Gasteiger charge is -2.38. The molecule has 5 aliphatic rings. The van der Waals surface area contributed by atoms with Crippen LogP contribution >= 0.6 is 28.6 Å². The SMILES string of the molecule is CCCCCC1c2cc3c4c(CNC(=O)CP(=O)(c5ccccc5)c5ccccc5)c2OCOc2c1cc1c(c2CNC(=O)CP(=O)(c2ccccc2)c2ccccc2)OCOc2c(cc5c(c2CNC(=O)CP(=O)(c2ccccc2)c2ccccc2)OCOc2c(cc(c(c2CNC(=O)CP(=O)(c2ccccc2)c2ccccc2)OCO4)C3CCCCC)C5CCCCC)C1CCCCC. The van der Waals surface area contributed by atoms with E-state index in [0.717, 1.165) is 95.9 Å². The standard InChI is InChI=1S/C112H120N4O16P4/c1-5-9-21-57-85-89-61-91-86(58-22-10-6-2)93-63-95-88(60-24-12-8-4)96-64-94-87(59-23-11-7-3)92-62-90(85)106-98(66-114-102(118)70-134(122,79-45-29-15-30-46-79)80-47-31-16-32-48-80)108(92)128-75-130-110(94)100(68-116-104(120)72-136(124,83-53-37-19-38-54-83)84-55-39-20-40-56-84)112(96)132-76-131-111(95)99(67-115-103(119)71-135(123,81-49-33-17-34-50-81)82-51-35-18-36-52-82)109(93)129-74-127-107(91)97(105(89)125-73-126-106)65-113-101(117)69-133(121,77-41-25-13-26-42-77)78-43-27-14-28-44-78/h13-20,25-56,61-64,85-88H,5-12,21-24,57-60,65-76H2,1-4H3,(H,113,117)(H,114,118)(H,115,119)(H,116,120). The van der Waals surface area contributed by atoms with Crippen LogP contribution in [0.3, 0.4) is 0 Å². The number of carbonyl (C=O) groups is 4. The van der Waals surface area contributed by atoms with E-state index in [1.54, 1.807) is 0 Å². The summed E-state index contributed by atoms with van der Waals surface area (Å²) in [5, 5.41) is 17.6. The Morgan fingerprint density at radius 3 is 0.522 bits per heavy atom. The minimum absolute atomic E-state index is 0.186. The van der Waals surface area contributed by atoms with Crippen molar-refractivity contribution in [3.8, 4) is 46.0 Å². The minimum atomic E-state index is -3.68. The molecule has 0 atom stereocenters. The second kappa shape index (κ2) is 43.9. The van der Waals surface area contributed by atoms with Gasteiger partial charge in [-0.2, -0.15) is 0 Å². The van der Waals surface area contributed by atoms with Crippen molar-refractivity contribution in [3.05, 3.63) is 334 Å². The third kappa shape index (κ3) is 20.3. The maximum absolute atomic E-state index is 16.1. The maximum Gasteiger partial charge on any atom is 0.230 e. The van der Waals surface area contributed by atoms with Crippen molar-refractivity contribution in [3.63, 3.8) is 0 Å². The average molecular weight is 1900 g/mol. The molecule has 0 unspecified atom stereocenters. The zero-order valence-electron chi connectivity index (χ0n) is 77.8. The van der Waals surface area contributed by atoms with Gasteiger partial charge in [0.1, 0.15) is 46.0 Å². The van der Waals surface area contributed by atoms with Gasteiger partial charge in [-0.15, -0.1) is 0 Å². The van der Waals surface area contributed by atoms with Gasteiger partial charge >= 0.3 is 0 Å². The molecule has 704 valence electrons. The number of unbranched alkanes of at least 4 members (excludes halogenated alkanes) is 8. The Bertz CT molecular complexity index is 5390. The van der Waals surface area contributed by atoms with Crippen LogP contribution in [0.5, 0.6) is 46.0 Å². The molecule has 0 saturated heterocycles. The molecular weight excluding hydrogens is 1780 g/mol. The van der Waals surface area contributed by atoms with E-state index < -0.39 is 103 Å². The highest BCUT2D eigenvalue weighted by atomic mass is 31.2. The number of benzene rings is 12. The number of amides is 4. The van der Waals surface area contributed by atoms with Crippen LogP contribution in [0.2, 0.25) is 0 Å². The Balaban J connectivity index is 0.937. The molecule has 12 aromatic rings. The Labute approximate surface area is 798 Å². The molecule has 0 fully saturated rings. The quantitative estimate of drug-likeness (QED) is 0.0206. The molecule has 24 heteroatoms. The van der Waals surface area contributed by atoms with Crippen LogP contribution < -0.4 is 102 Å². The molecule has 0 saturated carbocycles. The van der Waals surface area contributed by atoms with E-state index in [9.17, 15) is 0 Å². The van der Waals surface area contributed by atoms with Gasteiger partial charge in [0, 0.05) is 111 Å². The van der Waals surface area contributed by atoms with Crippen LogP contribution in [0, 0.1) is 0 Å². The van der Waals surface area contributed by atoms with Crippen molar-refractivity contribution in [2.75, 3.05) is 51.8 Å². The molecule has 1 aliphatic carbocycles. The number of carbonyl (C=O) groups excluding carboxylic acids is 4. The first-order chi connectivity index (χ1) is 66.5. The number of ether oxygens (including phenoxy) is 8. The highest BCUT2D eigenvalue weighted by Crippen LogP contribution is 2.60. The predicted octanol–water partition coefficient (Wildman–Crippen LogP) is 20.3. The molecule has 4 amide bonds. The Morgan fingerprint density at radius 1 is 0.235 bits per heavy atom. The summed E-state index contributed by atoms with van der Waals surface area (Å²) in [6.45, 7) is 6.26. The first-order valence-electron chi connectivity index (χ1n) is 48.2. The molecule has 20 nitrogen and oxygen atoms in total. The van der Waals surface area contributed by atoms with Gasteiger partial charge in [-0.05, 0) is 49.9 Å². The molecule has 136 heavy (non-hydrogen) atoms. The van der Waals surface area contributed by atoms with Gasteiger partial charge in [-0.25, -0.2) is 0 Å². The number of hydrogen-bond donors (Lipinski definition) is 4. The summed E-state index contributed by atoms with van der Waals surface area (Å²) >= 11 is 0. The molecule has 12 aromatic carbocycles. The average Bonchev–Trinajstić information content (AvgIpc) is 0.717. The summed E-state index contributed by atoms with van der Waals surface area (Å²) in [6, 6.07) is 82.2. The fraction of sp³-hybridized carbons (Fsp3) is 0.321. The zero-order valence-corrected chi connectivity index (χ0v) is 81.4. The van der Waals surface area contributed by atoms with E-state index in [0.29, 0.717) is 162 Å². The topological polar surface area (TPSA) is 259 Å². The third-order valence-corrected chi connectivity index (χ3v) is 39.2. The lowest BCUT2D eigenvalue weighted by Crippen LogP contribution is -2.33. The molecular formula is C112H120N4O16P4. The normalized spacial score (nSPS) is 15.6. The number of nitrogens with one attached hydrogen (secondary N) is 4. The van der Waals surface area contributed by atoms with Gasteiger partial charge in [0.25, 0.3) is 0 Å². The second-order valence-electron chi connectivity index (χ2n) is 36.0. The van der Waals surface area contributed by atoms with Crippen LogP contribution in [0.1, 0.15) is 221 Å². The monoisotopic (exact) mass is 1900 g/mol. The first kappa shape index (κ1) is 95.6. The van der Waals surface area contributed by atoms with Crippen molar-refractivity contribution in [2.24, 2.45) is 0 Å².